The summed E-state index contributed by atoms with van der Waals surface area (Å²) >= 11 is 1.66. The van der Waals surface area contributed by atoms with E-state index in [4.69, 9.17) is 14.5 Å². The second-order valence-corrected chi connectivity index (χ2v) is 7.66. The summed E-state index contributed by atoms with van der Waals surface area (Å²) in [7, 11) is 0. The fourth-order valence-corrected chi connectivity index (χ4v) is 4.55. The Hall–Kier alpha value is -1.98. The van der Waals surface area contributed by atoms with Gasteiger partial charge < -0.3 is 9.47 Å². The van der Waals surface area contributed by atoms with Crippen LogP contribution in [0.25, 0.3) is 21.3 Å². The van der Waals surface area contributed by atoms with Gasteiger partial charge in [0.25, 0.3) is 0 Å². The number of ether oxygens (including phenoxy) is 2. The molecule has 0 spiro atoms. The van der Waals surface area contributed by atoms with E-state index in [1.807, 2.05) is 6.92 Å². The third-order valence-corrected chi connectivity index (χ3v) is 5.57. The van der Waals surface area contributed by atoms with Crippen LogP contribution in [-0.2, 0) is 4.74 Å². The smallest absolute Gasteiger partial charge is 0.235 e. The molecule has 1 saturated heterocycles. The largest absolute Gasteiger partial charge is 0.471 e. The summed E-state index contributed by atoms with van der Waals surface area (Å²) in [5, 5.41) is 2.18. The average Bonchev–Trinajstić information content (AvgIpc) is 3.17. The SMILES string of the molecule is Cc1cc(C)c(-c2csc3c(OC4CCOC4)nc(C)nc23)c(C)c1. The second-order valence-electron chi connectivity index (χ2n) is 6.78. The number of hydrogen-bond donors (Lipinski definition) is 0. The van der Waals surface area contributed by atoms with Gasteiger partial charge in [-0.1, -0.05) is 17.7 Å². The predicted molar refractivity (Wildman–Crippen MR) is 102 cm³/mol. The highest BCUT2D eigenvalue weighted by molar-refractivity contribution is 7.18. The lowest BCUT2D eigenvalue weighted by molar-refractivity contribution is 0.139. The summed E-state index contributed by atoms with van der Waals surface area (Å²) in [5.74, 6) is 1.43. The fourth-order valence-electron chi connectivity index (χ4n) is 3.62. The van der Waals surface area contributed by atoms with E-state index in [9.17, 15) is 0 Å². The van der Waals surface area contributed by atoms with E-state index in [-0.39, 0.29) is 6.10 Å². The lowest BCUT2D eigenvalue weighted by Gasteiger charge is -2.13. The Balaban J connectivity index is 1.86. The summed E-state index contributed by atoms with van der Waals surface area (Å²) < 4.78 is 12.6. The minimum Gasteiger partial charge on any atom is -0.471 e. The van der Waals surface area contributed by atoms with Gasteiger partial charge in [0, 0.05) is 17.4 Å². The number of hydrogen-bond acceptors (Lipinski definition) is 5. The second kappa shape index (κ2) is 6.39. The van der Waals surface area contributed by atoms with Gasteiger partial charge in [0.1, 0.15) is 16.6 Å². The first-order valence-corrected chi connectivity index (χ1v) is 9.49. The van der Waals surface area contributed by atoms with Crippen molar-refractivity contribution < 1.29 is 9.47 Å². The highest BCUT2D eigenvalue weighted by atomic mass is 32.1. The molecular formula is C20H22N2O2S. The maximum Gasteiger partial charge on any atom is 0.235 e. The Kier molecular flexibility index (Phi) is 4.21. The topological polar surface area (TPSA) is 44.2 Å². The van der Waals surface area contributed by atoms with E-state index in [0.29, 0.717) is 12.5 Å². The minimum absolute atomic E-state index is 0.0888. The molecule has 1 fully saturated rings. The van der Waals surface area contributed by atoms with Gasteiger partial charge in [0.05, 0.1) is 18.7 Å². The summed E-state index contributed by atoms with van der Waals surface area (Å²) in [4.78, 5) is 9.29. The lowest BCUT2D eigenvalue weighted by Crippen LogP contribution is -2.16. The Morgan fingerprint density at radius 1 is 1.12 bits per heavy atom. The third kappa shape index (κ3) is 3.02. The molecule has 1 unspecified atom stereocenters. The molecule has 0 N–H and O–H groups in total. The van der Waals surface area contributed by atoms with Crippen LogP contribution in [0.1, 0.15) is 28.9 Å². The number of fused-ring (bicyclic) bond motifs is 1. The zero-order valence-corrected chi connectivity index (χ0v) is 15.9. The van der Waals surface area contributed by atoms with Crippen molar-refractivity contribution in [3.8, 4) is 17.0 Å². The van der Waals surface area contributed by atoms with Crippen LogP contribution in [-0.4, -0.2) is 29.3 Å². The molecule has 1 aliphatic heterocycles. The first-order chi connectivity index (χ1) is 12.0. The van der Waals surface area contributed by atoms with E-state index in [2.05, 4.69) is 43.3 Å². The zero-order valence-electron chi connectivity index (χ0n) is 15.0. The van der Waals surface area contributed by atoms with Crippen molar-refractivity contribution >= 4 is 21.6 Å². The molecule has 2 aromatic heterocycles. The number of thiophene rings is 1. The van der Waals surface area contributed by atoms with Crippen LogP contribution in [0.2, 0.25) is 0 Å². The molecule has 25 heavy (non-hydrogen) atoms. The monoisotopic (exact) mass is 354 g/mol. The van der Waals surface area contributed by atoms with Gasteiger partial charge in [-0.2, -0.15) is 4.98 Å². The molecule has 130 valence electrons. The van der Waals surface area contributed by atoms with Gasteiger partial charge in [-0.05, 0) is 44.4 Å². The van der Waals surface area contributed by atoms with Crippen LogP contribution in [0.5, 0.6) is 5.88 Å². The number of rotatable bonds is 3. The summed E-state index contributed by atoms with van der Waals surface area (Å²) in [6.07, 6.45) is 1.00. The number of benzene rings is 1. The average molecular weight is 354 g/mol. The maximum absolute atomic E-state index is 6.13. The van der Waals surface area contributed by atoms with Gasteiger partial charge >= 0.3 is 0 Å². The molecule has 0 aliphatic carbocycles. The molecule has 0 amide bonds. The van der Waals surface area contributed by atoms with Gasteiger partial charge in [0.15, 0.2) is 0 Å². The van der Waals surface area contributed by atoms with Gasteiger partial charge in [-0.3, -0.25) is 0 Å². The van der Waals surface area contributed by atoms with Crippen LogP contribution >= 0.6 is 11.3 Å². The van der Waals surface area contributed by atoms with E-state index in [1.165, 1.54) is 27.8 Å². The first kappa shape index (κ1) is 16.5. The standard InChI is InChI=1S/C20H22N2O2S/c1-11-7-12(2)17(13(3)8-11)16-10-25-19-18(16)21-14(4)22-20(19)24-15-5-6-23-9-15/h7-8,10,15H,5-6,9H2,1-4H3. The Labute approximate surface area is 151 Å². The van der Waals surface area contributed by atoms with Crippen LogP contribution in [0.15, 0.2) is 17.5 Å². The quantitative estimate of drug-likeness (QED) is 0.680. The highest BCUT2D eigenvalue weighted by Crippen LogP contribution is 2.40. The molecule has 1 atom stereocenters. The van der Waals surface area contributed by atoms with Crippen molar-refractivity contribution in [3.63, 3.8) is 0 Å². The van der Waals surface area contributed by atoms with Crippen molar-refractivity contribution in [2.75, 3.05) is 13.2 Å². The molecule has 1 aliphatic rings. The van der Waals surface area contributed by atoms with E-state index in [1.54, 1.807) is 11.3 Å². The fraction of sp³-hybridized carbons (Fsp3) is 0.400. The van der Waals surface area contributed by atoms with Crippen molar-refractivity contribution in [2.45, 2.75) is 40.2 Å². The predicted octanol–water partition coefficient (Wildman–Crippen LogP) is 4.76. The van der Waals surface area contributed by atoms with Crippen molar-refractivity contribution in [3.05, 3.63) is 40.0 Å². The van der Waals surface area contributed by atoms with Gasteiger partial charge in [-0.15, -0.1) is 11.3 Å². The van der Waals surface area contributed by atoms with Gasteiger partial charge in [0.2, 0.25) is 5.88 Å². The first-order valence-electron chi connectivity index (χ1n) is 8.61. The van der Waals surface area contributed by atoms with Crippen molar-refractivity contribution in [1.29, 1.82) is 0 Å². The molecule has 1 aromatic carbocycles. The van der Waals surface area contributed by atoms with E-state index >= 15 is 0 Å². The van der Waals surface area contributed by atoms with Crippen LogP contribution in [0, 0.1) is 27.7 Å². The third-order valence-electron chi connectivity index (χ3n) is 4.61. The van der Waals surface area contributed by atoms with E-state index < -0.39 is 0 Å². The Morgan fingerprint density at radius 2 is 1.88 bits per heavy atom. The Bertz CT molecular complexity index is 919. The van der Waals surface area contributed by atoms with Gasteiger partial charge in [-0.25, -0.2) is 4.98 Å². The van der Waals surface area contributed by atoms with Crippen molar-refractivity contribution in [2.24, 2.45) is 0 Å². The molecule has 0 saturated carbocycles. The summed E-state index contributed by atoms with van der Waals surface area (Å²) in [6.45, 7) is 9.79. The van der Waals surface area contributed by atoms with Crippen LogP contribution in [0.3, 0.4) is 0 Å². The summed E-state index contributed by atoms with van der Waals surface area (Å²) in [6, 6.07) is 4.46. The van der Waals surface area contributed by atoms with E-state index in [0.717, 1.165) is 29.1 Å². The molecule has 4 rings (SSSR count). The molecule has 5 heteroatoms. The number of aryl methyl sites for hydroxylation is 4. The number of nitrogens with zero attached hydrogens (tertiary/aromatic N) is 2. The molecule has 0 bridgehead atoms. The molecule has 0 radical (unpaired) electrons. The summed E-state index contributed by atoms with van der Waals surface area (Å²) in [5.41, 5.74) is 7.27. The molecule has 3 heterocycles. The molecular weight excluding hydrogens is 332 g/mol. The van der Waals surface area contributed by atoms with Crippen LogP contribution in [0.4, 0.5) is 0 Å². The maximum atomic E-state index is 6.13. The molecule has 4 nitrogen and oxygen atoms in total. The van der Waals surface area contributed by atoms with Crippen LogP contribution < -0.4 is 4.74 Å². The Morgan fingerprint density at radius 3 is 2.56 bits per heavy atom. The van der Waals surface area contributed by atoms with Crippen molar-refractivity contribution in [1.82, 2.24) is 9.97 Å². The zero-order chi connectivity index (χ0) is 17.6. The minimum atomic E-state index is 0.0888. The normalized spacial score (nSPS) is 17.4. The molecule has 3 aromatic rings. The lowest BCUT2D eigenvalue weighted by atomic mass is 9.95. The number of aromatic nitrogens is 2. The highest BCUT2D eigenvalue weighted by Gasteiger charge is 2.22.